The van der Waals surface area contributed by atoms with E-state index in [4.69, 9.17) is 4.42 Å². The van der Waals surface area contributed by atoms with Crippen LogP contribution in [0.15, 0.2) is 46.9 Å². The Hall–Kier alpha value is -2.73. The van der Waals surface area contributed by atoms with Crippen molar-refractivity contribution in [2.75, 3.05) is 24.2 Å². The monoisotopic (exact) mass is 396 g/mol. The van der Waals surface area contributed by atoms with Crippen molar-refractivity contribution >= 4 is 40.6 Å². The maximum absolute atomic E-state index is 13.4. The van der Waals surface area contributed by atoms with Crippen molar-refractivity contribution in [2.45, 2.75) is 12.8 Å². The van der Waals surface area contributed by atoms with Gasteiger partial charge in [-0.3, -0.25) is 4.79 Å². The number of amides is 1. The lowest BCUT2D eigenvalue weighted by Crippen LogP contribution is -2.18. The van der Waals surface area contributed by atoms with Gasteiger partial charge < -0.3 is 14.0 Å². The van der Waals surface area contributed by atoms with Crippen LogP contribution in [0.1, 0.15) is 28.8 Å². The lowest BCUT2D eigenvalue weighted by Gasteiger charge is -2.24. The number of halogens is 1. The molecule has 0 fully saturated rings. The number of carbonyl (C=O) groups is 1. The zero-order valence-corrected chi connectivity index (χ0v) is 16.6. The van der Waals surface area contributed by atoms with Crippen LogP contribution in [-0.4, -0.2) is 25.8 Å². The topological polar surface area (TPSA) is 45.5 Å². The van der Waals surface area contributed by atoms with E-state index in [-0.39, 0.29) is 11.7 Å². The van der Waals surface area contributed by atoms with Crippen LogP contribution >= 0.6 is 11.9 Å². The average Bonchev–Trinajstić information content (AvgIpc) is 3.06. The Morgan fingerprint density at radius 3 is 2.75 bits per heavy atom. The Morgan fingerprint density at radius 2 is 2.04 bits per heavy atom. The SMILES string of the molecule is CNC(=O)c1c(-c2ccc(F)cc2)oc2cc3c(cc12)/C=C\CCCN3SC. The first-order valence-corrected chi connectivity index (χ1v) is 10.4. The van der Waals surface area contributed by atoms with Crippen molar-refractivity contribution in [2.24, 2.45) is 0 Å². The summed E-state index contributed by atoms with van der Waals surface area (Å²) in [7, 11) is 1.60. The number of nitrogens with zero attached hydrogens (tertiary/aromatic N) is 1. The maximum atomic E-state index is 13.4. The van der Waals surface area contributed by atoms with Gasteiger partial charge in [0.05, 0.1) is 11.3 Å². The molecule has 2 aromatic carbocycles. The van der Waals surface area contributed by atoms with Crippen molar-refractivity contribution in [3.8, 4) is 11.3 Å². The van der Waals surface area contributed by atoms with Gasteiger partial charge in [-0.1, -0.05) is 24.1 Å². The van der Waals surface area contributed by atoms with Crippen molar-refractivity contribution in [1.82, 2.24) is 5.32 Å². The Kier molecular flexibility index (Phi) is 5.13. The Balaban J connectivity index is 1.98. The van der Waals surface area contributed by atoms with Gasteiger partial charge in [0, 0.05) is 36.9 Å². The van der Waals surface area contributed by atoms with Gasteiger partial charge in [0.15, 0.2) is 0 Å². The fourth-order valence-corrected chi connectivity index (χ4v) is 4.19. The summed E-state index contributed by atoms with van der Waals surface area (Å²) in [5, 5.41) is 3.45. The first-order chi connectivity index (χ1) is 13.6. The molecule has 0 aliphatic carbocycles. The molecule has 0 radical (unpaired) electrons. The quantitative estimate of drug-likeness (QED) is 0.595. The number of nitrogens with one attached hydrogen (secondary N) is 1. The molecule has 4 nitrogen and oxygen atoms in total. The highest BCUT2D eigenvalue weighted by atomic mass is 32.2. The predicted molar refractivity (Wildman–Crippen MR) is 114 cm³/mol. The molecule has 3 aromatic rings. The van der Waals surface area contributed by atoms with Gasteiger partial charge in [0.25, 0.3) is 5.91 Å². The summed E-state index contributed by atoms with van der Waals surface area (Å²) in [6.07, 6.45) is 8.43. The molecule has 1 N–H and O–H groups in total. The van der Waals surface area contributed by atoms with Gasteiger partial charge in [0.1, 0.15) is 17.2 Å². The van der Waals surface area contributed by atoms with E-state index >= 15 is 0 Å². The van der Waals surface area contributed by atoms with Crippen LogP contribution in [-0.2, 0) is 0 Å². The summed E-state index contributed by atoms with van der Waals surface area (Å²) in [4.78, 5) is 12.7. The van der Waals surface area contributed by atoms with E-state index in [1.165, 1.54) is 12.1 Å². The van der Waals surface area contributed by atoms with E-state index in [0.717, 1.165) is 36.0 Å². The second-order valence-corrected chi connectivity index (χ2v) is 7.43. The number of fused-ring (bicyclic) bond motifs is 2. The van der Waals surface area contributed by atoms with Gasteiger partial charge in [0.2, 0.25) is 0 Å². The zero-order valence-electron chi connectivity index (χ0n) is 15.8. The minimum Gasteiger partial charge on any atom is -0.455 e. The number of hydrogen-bond donors (Lipinski definition) is 1. The number of allylic oxidation sites excluding steroid dienone is 1. The summed E-state index contributed by atoms with van der Waals surface area (Å²) in [5.41, 5.74) is 3.90. The number of furan rings is 1. The fourth-order valence-electron chi connectivity index (χ4n) is 3.53. The summed E-state index contributed by atoms with van der Waals surface area (Å²) < 4.78 is 21.8. The second kappa shape index (κ2) is 7.72. The molecular weight excluding hydrogens is 375 g/mol. The van der Waals surface area contributed by atoms with Crippen LogP contribution in [0.25, 0.3) is 28.4 Å². The lowest BCUT2D eigenvalue weighted by atomic mass is 10.0. The van der Waals surface area contributed by atoms with Crippen LogP contribution in [0.4, 0.5) is 10.1 Å². The smallest absolute Gasteiger partial charge is 0.255 e. The second-order valence-electron chi connectivity index (χ2n) is 6.63. The van der Waals surface area contributed by atoms with Crippen LogP contribution in [0.2, 0.25) is 0 Å². The highest BCUT2D eigenvalue weighted by Gasteiger charge is 2.24. The summed E-state index contributed by atoms with van der Waals surface area (Å²) >= 11 is 1.68. The molecule has 0 unspecified atom stereocenters. The predicted octanol–water partition coefficient (Wildman–Crippen LogP) is 5.49. The third-order valence-electron chi connectivity index (χ3n) is 4.92. The van der Waals surface area contributed by atoms with Crippen molar-refractivity contribution < 1.29 is 13.6 Å². The molecular formula is C22H21FN2O2S. The fraction of sp³-hybridized carbons (Fsp3) is 0.227. The largest absolute Gasteiger partial charge is 0.455 e. The first-order valence-electron chi connectivity index (χ1n) is 9.19. The molecule has 0 atom stereocenters. The third-order valence-corrected chi connectivity index (χ3v) is 5.74. The molecule has 1 aliphatic heterocycles. The molecule has 0 saturated heterocycles. The summed E-state index contributed by atoms with van der Waals surface area (Å²) in [6.45, 7) is 0.942. The minimum absolute atomic E-state index is 0.227. The highest BCUT2D eigenvalue weighted by molar-refractivity contribution is 7.99. The molecule has 144 valence electrons. The normalized spacial score (nSPS) is 15.0. The lowest BCUT2D eigenvalue weighted by molar-refractivity contribution is 0.0964. The first kappa shape index (κ1) is 18.6. The zero-order chi connectivity index (χ0) is 19.7. The standard InChI is InChI=1S/C22H21FN2O2S/c1-24-22(26)20-17-12-15-6-4-3-5-11-25(28-2)18(15)13-19(17)27-21(20)14-7-9-16(23)10-8-14/h4,6-10,12-13H,3,5,11H2,1-2H3,(H,24,26)/b6-4-. The number of benzene rings is 2. The molecule has 0 saturated carbocycles. The maximum Gasteiger partial charge on any atom is 0.255 e. The van der Waals surface area contributed by atoms with E-state index in [1.807, 2.05) is 12.1 Å². The molecule has 2 heterocycles. The third kappa shape index (κ3) is 3.29. The molecule has 6 heteroatoms. The number of carbonyl (C=O) groups excluding carboxylic acids is 1. The molecule has 1 aromatic heterocycles. The van der Waals surface area contributed by atoms with Crippen molar-refractivity contribution in [1.29, 1.82) is 0 Å². The summed E-state index contributed by atoms with van der Waals surface area (Å²) in [6, 6.07) is 10.0. The average molecular weight is 396 g/mol. The number of hydrogen-bond acceptors (Lipinski definition) is 4. The van der Waals surface area contributed by atoms with Crippen molar-refractivity contribution in [3.05, 3.63) is 59.4 Å². The molecule has 4 rings (SSSR count). The molecule has 0 bridgehead atoms. The van der Waals surface area contributed by atoms with Crippen LogP contribution in [0.3, 0.4) is 0 Å². The van der Waals surface area contributed by atoms with Gasteiger partial charge in [-0.15, -0.1) is 0 Å². The molecule has 1 aliphatic rings. The van der Waals surface area contributed by atoms with Gasteiger partial charge in [-0.05, 0) is 48.7 Å². The van der Waals surface area contributed by atoms with Crippen LogP contribution in [0.5, 0.6) is 0 Å². The molecule has 0 spiro atoms. The Labute approximate surface area is 167 Å². The van der Waals surface area contributed by atoms with E-state index in [1.54, 1.807) is 31.1 Å². The van der Waals surface area contributed by atoms with E-state index in [2.05, 4.69) is 28.0 Å². The number of rotatable bonds is 3. The molecule has 28 heavy (non-hydrogen) atoms. The van der Waals surface area contributed by atoms with E-state index < -0.39 is 0 Å². The van der Waals surface area contributed by atoms with Crippen molar-refractivity contribution in [3.63, 3.8) is 0 Å². The minimum atomic E-state index is -0.329. The summed E-state index contributed by atoms with van der Waals surface area (Å²) in [5.74, 6) is -0.105. The van der Waals surface area contributed by atoms with Gasteiger partial charge in [-0.25, -0.2) is 4.39 Å². The van der Waals surface area contributed by atoms with E-state index in [9.17, 15) is 9.18 Å². The Bertz CT molecular complexity index is 1060. The van der Waals surface area contributed by atoms with Crippen LogP contribution < -0.4 is 9.62 Å². The van der Waals surface area contributed by atoms with Crippen LogP contribution in [0, 0.1) is 5.82 Å². The van der Waals surface area contributed by atoms with Gasteiger partial charge in [-0.2, -0.15) is 0 Å². The van der Waals surface area contributed by atoms with E-state index in [0.29, 0.717) is 22.5 Å². The molecule has 1 amide bonds. The highest BCUT2D eigenvalue weighted by Crippen LogP contribution is 2.39. The number of anilines is 1. The Morgan fingerprint density at radius 1 is 1.25 bits per heavy atom. The van der Waals surface area contributed by atoms with Gasteiger partial charge >= 0.3 is 0 Å².